The molecule has 0 saturated heterocycles. The molecule has 52 heavy (non-hydrogen) atoms. The van der Waals surface area contributed by atoms with Crippen LogP contribution in [0.2, 0.25) is 0 Å². The summed E-state index contributed by atoms with van der Waals surface area (Å²) in [6, 6.07) is 34.8. The predicted molar refractivity (Wildman–Crippen MR) is 214 cm³/mol. The lowest BCUT2D eigenvalue weighted by Crippen LogP contribution is -2.30. The Bertz CT molecular complexity index is 2410. The average Bonchev–Trinajstić information content (AvgIpc) is 3.77. The molecule has 1 aliphatic carbocycles. The van der Waals surface area contributed by atoms with Crippen LogP contribution in [0.3, 0.4) is 0 Å². The van der Waals surface area contributed by atoms with E-state index >= 15 is 0 Å². The summed E-state index contributed by atoms with van der Waals surface area (Å²) in [4.78, 5) is 52.0. The first-order chi connectivity index (χ1) is 25.5. The first-order valence-electron chi connectivity index (χ1n) is 17.0. The highest BCUT2D eigenvalue weighted by molar-refractivity contribution is 8.01. The standard InChI is InChI=1S/C40H33N5O3S4/c46-33(23-49-39-44-37-35(29-18-10-11-19-31(29)51-37)38(48)45(39)28-16-8-3-9-17-28)41-27-20-21-30-32(22-27)52-40(42-30)50-24-34(47)43-36(25-12-4-1-5-13-25)26-14-6-2-7-15-26/h1-9,12-17,20-22,36H,10-11,18-19,23-24H2,(H,41,46)(H,43,47). The molecule has 2 amide bonds. The number of carbonyl (C=O) groups excluding carboxylic acids is 2. The van der Waals surface area contributed by atoms with Crippen LogP contribution < -0.4 is 16.2 Å². The van der Waals surface area contributed by atoms with Gasteiger partial charge in [0, 0.05) is 10.6 Å². The first kappa shape index (κ1) is 34.3. The molecule has 0 bridgehead atoms. The zero-order valence-corrected chi connectivity index (χ0v) is 31.2. The Labute approximate surface area is 316 Å². The Balaban J connectivity index is 0.933. The van der Waals surface area contributed by atoms with Gasteiger partial charge in [0.25, 0.3) is 5.56 Å². The molecule has 1 aliphatic rings. The van der Waals surface area contributed by atoms with Crippen LogP contribution in [0, 0.1) is 0 Å². The Morgan fingerprint density at radius 1 is 0.769 bits per heavy atom. The molecule has 0 saturated carbocycles. The van der Waals surface area contributed by atoms with E-state index in [0.717, 1.165) is 72.8 Å². The van der Waals surface area contributed by atoms with Gasteiger partial charge in [0.05, 0.1) is 38.8 Å². The third-order valence-corrected chi connectivity index (χ3v) is 13.1. The van der Waals surface area contributed by atoms with Gasteiger partial charge in [-0.15, -0.1) is 22.7 Å². The lowest BCUT2D eigenvalue weighted by Gasteiger charge is -2.19. The number of nitrogens with zero attached hydrogens (tertiary/aromatic N) is 3. The maximum Gasteiger partial charge on any atom is 0.267 e. The number of benzene rings is 4. The fraction of sp³-hybridized carbons (Fsp3) is 0.175. The second-order valence-electron chi connectivity index (χ2n) is 12.4. The fourth-order valence-electron chi connectivity index (χ4n) is 6.44. The van der Waals surface area contributed by atoms with Crippen molar-refractivity contribution >= 4 is 84.1 Å². The topological polar surface area (TPSA) is 106 Å². The highest BCUT2D eigenvalue weighted by atomic mass is 32.2. The number of hydrogen-bond acceptors (Lipinski definition) is 9. The van der Waals surface area contributed by atoms with Crippen LogP contribution in [0.4, 0.5) is 5.69 Å². The number of thioether (sulfide) groups is 2. The molecule has 7 aromatic rings. The number of nitrogens with one attached hydrogen (secondary N) is 2. The number of thiazole rings is 1. The van der Waals surface area contributed by atoms with Crippen molar-refractivity contribution in [3.63, 3.8) is 0 Å². The largest absolute Gasteiger partial charge is 0.344 e. The van der Waals surface area contributed by atoms with Crippen LogP contribution in [0.25, 0.3) is 26.1 Å². The highest BCUT2D eigenvalue weighted by Gasteiger charge is 2.23. The zero-order valence-electron chi connectivity index (χ0n) is 27.9. The summed E-state index contributed by atoms with van der Waals surface area (Å²) in [6.07, 6.45) is 4.09. The van der Waals surface area contributed by atoms with Gasteiger partial charge in [0.1, 0.15) is 4.83 Å². The minimum Gasteiger partial charge on any atom is -0.344 e. The van der Waals surface area contributed by atoms with E-state index in [1.807, 2.05) is 109 Å². The lowest BCUT2D eigenvalue weighted by molar-refractivity contribution is -0.119. The molecule has 8 rings (SSSR count). The number of hydrogen-bond donors (Lipinski definition) is 2. The number of carbonyl (C=O) groups is 2. The Morgan fingerprint density at radius 3 is 2.17 bits per heavy atom. The minimum absolute atomic E-state index is 0.0764. The van der Waals surface area contributed by atoms with E-state index in [2.05, 4.69) is 10.6 Å². The quantitative estimate of drug-likeness (QED) is 0.101. The monoisotopic (exact) mass is 759 g/mol. The van der Waals surface area contributed by atoms with Crippen LogP contribution in [-0.4, -0.2) is 37.9 Å². The number of fused-ring (bicyclic) bond motifs is 4. The number of amides is 2. The van der Waals surface area contributed by atoms with Gasteiger partial charge in [-0.1, -0.05) is 102 Å². The van der Waals surface area contributed by atoms with Crippen molar-refractivity contribution in [3.8, 4) is 5.69 Å². The molecule has 12 heteroatoms. The summed E-state index contributed by atoms with van der Waals surface area (Å²) < 4.78 is 3.33. The zero-order chi connectivity index (χ0) is 35.4. The smallest absolute Gasteiger partial charge is 0.267 e. The van der Waals surface area contributed by atoms with Gasteiger partial charge in [-0.3, -0.25) is 19.0 Å². The third kappa shape index (κ3) is 7.42. The molecule has 8 nitrogen and oxygen atoms in total. The number of aryl methyl sites for hydroxylation is 2. The SMILES string of the molecule is O=C(CSc1nc2sc3c(c2c(=O)n1-c1ccccc1)CCCC3)Nc1ccc2nc(SCC(=O)NC(c3ccccc3)c3ccccc3)sc2c1. The molecule has 0 unspecified atom stereocenters. The van der Waals surface area contributed by atoms with Crippen LogP contribution in [-0.2, 0) is 22.4 Å². The summed E-state index contributed by atoms with van der Waals surface area (Å²) in [7, 11) is 0. The summed E-state index contributed by atoms with van der Waals surface area (Å²) in [5.74, 6) is 0.0156. The minimum atomic E-state index is -0.249. The number of para-hydroxylation sites is 1. The van der Waals surface area contributed by atoms with E-state index in [4.69, 9.17) is 9.97 Å². The molecule has 2 N–H and O–H groups in total. The van der Waals surface area contributed by atoms with Crippen LogP contribution >= 0.6 is 46.2 Å². The van der Waals surface area contributed by atoms with Crippen molar-refractivity contribution in [2.75, 3.05) is 16.8 Å². The number of rotatable bonds is 11. The van der Waals surface area contributed by atoms with Crippen molar-refractivity contribution < 1.29 is 9.59 Å². The number of thiophene rings is 1. The molecule has 260 valence electrons. The fourth-order valence-corrected chi connectivity index (χ4v) is 10.5. The second kappa shape index (κ2) is 15.5. The van der Waals surface area contributed by atoms with E-state index in [1.165, 1.54) is 39.7 Å². The van der Waals surface area contributed by atoms with Gasteiger partial charge in [0.15, 0.2) is 9.50 Å². The van der Waals surface area contributed by atoms with Crippen LogP contribution in [0.15, 0.2) is 123 Å². The molecule has 0 fully saturated rings. The molecule has 0 spiro atoms. The molecule has 0 radical (unpaired) electrons. The van der Waals surface area contributed by atoms with E-state index < -0.39 is 0 Å². The molecule has 0 aliphatic heterocycles. The van der Waals surface area contributed by atoms with Crippen LogP contribution in [0.5, 0.6) is 0 Å². The number of anilines is 1. The summed E-state index contributed by atoms with van der Waals surface area (Å²) in [5, 5.41) is 7.41. The van der Waals surface area contributed by atoms with Gasteiger partial charge in [-0.2, -0.15) is 0 Å². The molecule has 0 atom stereocenters. The normalized spacial score (nSPS) is 12.6. The van der Waals surface area contributed by atoms with E-state index in [-0.39, 0.29) is 34.9 Å². The van der Waals surface area contributed by atoms with E-state index in [0.29, 0.717) is 10.8 Å². The van der Waals surface area contributed by atoms with E-state index in [9.17, 15) is 14.4 Å². The van der Waals surface area contributed by atoms with Gasteiger partial charge in [-0.25, -0.2) is 9.97 Å². The molecular formula is C40H33N5O3S4. The van der Waals surface area contributed by atoms with E-state index in [1.54, 1.807) is 15.9 Å². The van der Waals surface area contributed by atoms with Crippen molar-refractivity contribution in [3.05, 3.63) is 141 Å². The van der Waals surface area contributed by atoms with Crippen molar-refractivity contribution in [2.45, 2.75) is 41.2 Å². The summed E-state index contributed by atoms with van der Waals surface area (Å²) >= 11 is 5.74. The van der Waals surface area contributed by atoms with Crippen molar-refractivity contribution in [2.24, 2.45) is 0 Å². The summed E-state index contributed by atoms with van der Waals surface area (Å²) in [6.45, 7) is 0. The Morgan fingerprint density at radius 2 is 1.44 bits per heavy atom. The van der Waals surface area contributed by atoms with Crippen molar-refractivity contribution in [1.82, 2.24) is 19.9 Å². The molecule has 3 heterocycles. The average molecular weight is 760 g/mol. The van der Waals surface area contributed by atoms with Crippen molar-refractivity contribution in [1.29, 1.82) is 0 Å². The predicted octanol–water partition coefficient (Wildman–Crippen LogP) is 8.66. The number of aromatic nitrogens is 3. The molecule has 4 aromatic carbocycles. The van der Waals surface area contributed by atoms with Gasteiger partial charge < -0.3 is 10.6 Å². The summed E-state index contributed by atoms with van der Waals surface area (Å²) in [5.41, 5.74) is 5.29. The maximum atomic E-state index is 14.0. The lowest BCUT2D eigenvalue weighted by atomic mass is 9.97. The van der Waals surface area contributed by atoms with Gasteiger partial charge in [0.2, 0.25) is 11.8 Å². The van der Waals surface area contributed by atoms with Crippen LogP contribution in [0.1, 0.15) is 40.5 Å². The first-order valence-corrected chi connectivity index (χ1v) is 20.6. The molecular weight excluding hydrogens is 727 g/mol. The van der Waals surface area contributed by atoms with Gasteiger partial charge >= 0.3 is 0 Å². The Hall–Kier alpha value is -4.75. The Kier molecular flexibility index (Phi) is 10.2. The maximum absolute atomic E-state index is 14.0. The van der Waals surface area contributed by atoms with Gasteiger partial charge in [-0.05, 0) is 72.7 Å². The second-order valence-corrected chi connectivity index (χ2v) is 16.7. The molecule has 3 aromatic heterocycles. The highest BCUT2D eigenvalue weighted by Crippen LogP contribution is 2.36. The third-order valence-electron chi connectivity index (χ3n) is 8.86.